The Morgan fingerprint density at radius 2 is 0.623 bits per heavy atom. The van der Waals surface area contributed by atoms with Crippen LogP contribution in [0.25, 0.3) is 0 Å². The first-order chi connectivity index (χ1) is 32.4. The summed E-state index contributed by atoms with van der Waals surface area (Å²) in [6.45, 7) is 0. The van der Waals surface area contributed by atoms with E-state index in [2.05, 4.69) is 52.3 Å². The Morgan fingerprint density at radius 3 is 0.913 bits per heavy atom. The fourth-order valence-electron chi connectivity index (χ4n) is 7.36. The highest BCUT2D eigenvalue weighted by molar-refractivity contribution is 9.10. The standard InChI is InChI=1S/C24BF20.C21H18BrOS/c26-5-1(6(27)14(35)21(42)13(5)34)25(2-7(28)15(36)22(43)16(37)8(2)29,3-9(30)17(38)23(44)18(39)10(3)31)4-11(32)19(40)24(45)20(41)12(4)33;22-19-11-13-20(14-12-19)24(15-17-7-3-1-4-8-17)16-21(23)18-9-5-2-6-10-18/h;1-14H,15-16H2/q-1;+1. The molecule has 0 aromatic heterocycles. The van der Waals surface area contributed by atoms with Crippen molar-refractivity contribution in [3.63, 3.8) is 0 Å². The Hall–Kier alpha value is -6.30. The molecular weight excluding hydrogens is 1060 g/mol. The van der Waals surface area contributed by atoms with Crippen LogP contribution < -0.4 is 21.9 Å². The normalized spacial score (nSPS) is 12.0. The lowest BCUT2D eigenvalue weighted by molar-refractivity contribution is 0.102. The summed E-state index contributed by atoms with van der Waals surface area (Å²) in [6.07, 6.45) is -7.22. The van der Waals surface area contributed by atoms with Gasteiger partial charge in [0.2, 0.25) is 5.78 Å². The van der Waals surface area contributed by atoms with Gasteiger partial charge in [0.25, 0.3) is 0 Å². The van der Waals surface area contributed by atoms with Crippen LogP contribution in [0, 0.1) is 116 Å². The Balaban J connectivity index is 0.000000273. The van der Waals surface area contributed by atoms with Gasteiger partial charge in [-0.1, -0.05) is 76.6 Å². The van der Waals surface area contributed by atoms with Gasteiger partial charge in [-0.05, 0) is 24.3 Å². The molecule has 0 spiro atoms. The molecule has 0 radical (unpaired) electrons. The molecule has 0 heterocycles. The van der Waals surface area contributed by atoms with E-state index in [0.717, 1.165) is 15.8 Å². The first kappa shape index (κ1) is 52.1. The number of hydrogen-bond acceptors (Lipinski definition) is 1. The molecule has 7 aromatic rings. The Kier molecular flexibility index (Phi) is 15.4. The third-order valence-corrected chi connectivity index (χ3v) is 13.2. The number of halogens is 21. The quantitative estimate of drug-likeness (QED) is 0.0333. The Bertz CT molecular complexity index is 2760. The van der Waals surface area contributed by atoms with Crippen molar-refractivity contribution in [2.75, 3.05) is 5.75 Å². The highest BCUT2D eigenvalue weighted by Crippen LogP contribution is 2.31. The molecule has 0 saturated heterocycles. The van der Waals surface area contributed by atoms with Gasteiger partial charge in [-0.2, -0.15) is 0 Å². The Morgan fingerprint density at radius 1 is 0.362 bits per heavy atom. The molecule has 0 bridgehead atoms. The highest BCUT2D eigenvalue weighted by Gasteiger charge is 2.52. The van der Waals surface area contributed by atoms with Crippen molar-refractivity contribution in [3.05, 3.63) is 217 Å². The van der Waals surface area contributed by atoms with Gasteiger partial charge in [-0.25, -0.2) is 87.8 Å². The number of carbonyl (C=O) groups is 1. The van der Waals surface area contributed by atoms with Crippen molar-refractivity contribution in [3.8, 4) is 0 Å². The van der Waals surface area contributed by atoms with Gasteiger partial charge in [0, 0.05) is 26.5 Å². The van der Waals surface area contributed by atoms with E-state index in [0.29, 0.717) is 5.75 Å². The molecular formula is C45H18BBrF20OS. The summed E-state index contributed by atoms with van der Waals surface area (Å²) in [4.78, 5) is 13.9. The maximum Gasteiger partial charge on any atom is 0.212 e. The van der Waals surface area contributed by atoms with E-state index >= 15 is 35.1 Å². The van der Waals surface area contributed by atoms with Gasteiger partial charge in [0.1, 0.15) is 58.4 Å². The summed E-state index contributed by atoms with van der Waals surface area (Å²) in [5, 5.41) is 0. The van der Waals surface area contributed by atoms with Crippen LogP contribution >= 0.6 is 15.9 Å². The van der Waals surface area contributed by atoms with Crippen molar-refractivity contribution in [1.82, 2.24) is 0 Å². The second-order valence-electron chi connectivity index (χ2n) is 14.3. The van der Waals surface area contributed by atoms with Crippen molar-refractivity contribution in [2.45, 2.75) is 10.6 Å². The number of carbonyl (C=O) groups excluding carboxylic acids is 1. The van der Waals surface area contributed by atoms with Crippen LogP contribution in [-0.4, -0.2) is 17.7 Å². The van der Waals surface area contributed by atoms with Crippen LogP contribution in [0.1, 0.15) is 15.9 Å². The van der Waals surface area contributed by atoms with Crippen molar-refractivity contribution in [2.24, 2.45) is 0 Å². The predicted octanol–water partition coefficient (Wildman–Crippen LogP) is 11.4. The molecule has 7 rings (SSSR count). The largest absolute Gasteiger partial charge is 0.289 e. The lowest BCUT2D eigenvalue weighted by atomic mass is 9.12. The summed E-state index contributed by atoms with van der Waals surface area (Å²) in [6, 6.07) is 28.3. The average molecular weight is 1080 g/mol. The van der Waals surface area contributed by atoms with Gasteiger partial charge in [-0.3, -0.25) is 4.79 Å². The van der Waals surface area contributed by atoms with Crippen LogP contribution in [0.3, 0.4) is 0 Å². The zero-order valence-corrected chi connectivity index (χ0v) is 35.7. The molecule has 0 aliphatic carbocycles. The minimum atomic E-state index is -7.22. The third kappa shape index (κ3) is 9.07. The van der Waals surface area contributed by atoms with Crippen LogP contribution in [0.5, 0.6) is 0 Å². The molecule has 360 valence electrons. The second kappa shape index (κ2) is 20.4. The molecule has 0 fully saturated rings. The maximum atomic E-state index is 15.4. The first-order valence-corrected chi connectivity index (χ1v) is 21.1. The van der Waals surface area contributed by atoms with Crippen LogP contribution in [0.15, 0.2) is 94.3 Å². The van der Waals surface area contributed by atoms with Gasteiger partial charge in [-0.15, -0.1) is 21.9 Å². The average Bonchev–Trinajstić information content (AvgIpc) is 3.34. The molecule has 1 atom stereocenters. The van der Waals surface area contributed by atoms with Gasteiger partial charge >= 0.3 is 0 Å². The fourth-order valence-corrected chi connectivity index (χ4v) is 9.66. The smallest absolute Gasteiger partial charge is 0.212 e. The molecule has 0 aliphatic heterocycles. The van der Waals surface area contributed by atoms with Gasteiger partial charge in [0.15, 0.2) is 80.5 Å². The van der Waals surface area contributed by atoms with E-state index in [9.17, 15) is 57.5 Å². The summed E-state index contributed by atoms with van der Waals surface area (Å²) in [5.41, 5.74) is -12.3. The molecule has 0 saturated carbocycles. The molecule has 24 heteroatoms. The van der Waals surface area contributed by atoms with Crippen LogP contribution in [-0.2, 0) is 16.6 Å². The van der Waals surface area contributed by atoms with E-state index in [4.69, 9.17) is 0 Å². The van der Waals surface area contributed by atoms with Crippen molar-refractivity contribution in [1.29, 1.82) is 0 Å². The first-order valence-electron chi connectivity index (χ1n) is 18.7. The van der Waals surface area contributed by atoms with E-state index in [1.165, 1.54) is 10.5 Å². The topological polar surface area (TPSA) is 17.1 Å². The minimum Gasteiger partial charge on any atom is -0.289 e. The molecule has 0 N–H and O–H groups in total. The molecule has 1 unspecified atom stereocenters. The van der Waals surface area contributed by atoms with E-state index < -0.39 is 144 Å². The number of Topliss-reactive ketones (excluding diaryl/α,β-unsaturated/α-hetero) is 1. The van der Waals surface area contributed by atoms with E-state index in [1.54, 1.807) is 0 Å². The van der Waals surface area contributed by atoms with E-state index in [-0.39, 0.29) is 16.7 Å². The molecule has 0 aliphatic rings. The number of benzene rings is 7. The monoisotopic (exact) mass is 1080 g/mol. The van der Waals surface area contributed by atoms with Gasteiger partial charge < -0.3 is 0 Å². The molecule has 0 amide bonds. The molecule has 69 heavy (non-hydrogen) atoms. The summed E-state index contributed by atoms with van der Waals surface area (Å²) < 4.78 is 295. The maximum absolute atomic E-state index is 15.4. The van der Waals surface area contributed by atoms with Crippen LogP contribution in [0.4, 0.5) is 87.8 Å². The Labute approximate surface area is 385 Å². The third-order valence-electron chi connectivity index (χ3n) is 10.4. The van der Waals surface area contributed by atoms with Crippen LogP contribution in [0.2, 0.25) is 0 Å². The molecule has 1 nitrogen and oxygen atoms in total. The molecule has 7 aromatic carbocycles. The van der Waals surface area contributed by atoms with Gasteiger partial charge in [0.05, 0.1) is 0 Å². The predicted molar refractivity (Wildman–Crippen MR) is 215 cm³/mol. The summed E-state index contributed by atoms with van der Waals surface area (Å²) in [5.74, 6) is -69.8. The summed E-state index contributed by atoms with van der Waals surface area (Å²) >= 11 is 3.49. The SMILES string of the molecule is Fc1c(F)c(F)c([B-](c2c(F)c(F)c(F)c(F)c2F)(c2c(F)c(F)c(F)c(F)c2F)c2c(F)c(F)c(F)c(F)c2F)c(F)c1F.O=C(C[S+](Cc1ccccc1)c1ccc(Br)cc1)c1ccccc1. The van der Waals surface area contributed by atoms with E-state index in [1.807, 2.05) is 48.5 Å². The van der Waals surface area contributed by atoms with Crippen molar-refractivity contribution >= 4 is 60.6 Å². The van der Waals surface area contributed by atoms with Crippen molar-refractivity contribution < 1.29 is 92.6 Å². The lowest BCUT2D eigenvalue weighted by Gasteiger charge is -2.44. The lowest BCUT2D eigenvalue weighted by Crippen LogP contribution is -2.81. The minimum absolute atomic E-state index is 0.148. The zero-order chi connectivity index (χ0) is 51.1. The number of ketones is 1. The fraction of sp³-hybridized carbons (Fsp3) is 0.0444. The second-order valence-corrected chi connectivity index (χ2v) is 17.3. The number of hydrogen-bond donors (Lipinski definition) is 0. The highest BCUT2D eigenvalue weighted by atomic mass is 79.9. The number of rotatable bonds is 10. The zero-order valence-electron chi connectivity index (χ0n) is 33.3. The summed E-state index contributed by atoms with van der Waals surface area (Å²) in [7, 11) is -0.148.